The fraction of sp³-hybridized carbons (Fsp3) is 0.333. The first-order valence-electron chi connectivity index (χ1n) is 10.7. The third-order valence-corrected chi connectivity index (χ3v) is 3.59. The van der Waals surface area contributed by atoms with E-state index in [9.17, 15) is 10.2 Å². The quantitative estimate of drug-likeness (QED) is 0.435. The molecule has 3 heteroatoms. The topological polar surface area (TPSA) is 49.7 Å². The van der Waals surface area contributed by atoms with Crippen molar-refractivity contribution in [2.75, 3.05) is 14.2 Å². The molecule has 3 aromatic rings. The predicted molar refractivity (Wildman–Crippen MR) is 131 cm³/mol. The maximum Gasteiger partial charge on any atom is 0.115 e. The summed E-state index contributed by atoms with van der Waals surface area (Å²) in [6.45, 7) is 12.0. The van der Waals surface area contributed by atoms with Crippen molar-refractivity contribution < 1.29 is 14.9 Å². The summed E-state index contributed by atoms with van der Waals surface area (Å²) in [5, 5.41) is 19.0. The molecule has 0 aliphatic heterocycles. The van der Waals surface area contributed by atoms with E-state index >= 15 is 0 Å². The monoisotopic (exact) mass is 412 g/mol. The maximum atomic E-state index is 9.48. The molecule has 0 aromatic heterocycles. The van der Waals surface area contributed by atoms with Crippen molar-refractivity contribution >= 4 is 0 Å². The van der Waals surface area contributed by atoms with Crippen molar-refractivity contribution in [3.05, 3.63) is 95.6 Å². The summed E-state index contributed by atoms with van der Waals surface area (Å²) in [5.74, 6) is 0.597. The van der Waals surface area contributed by atoms with Gasteiger partial charge in [-0.25, -0.2) is 0 Å². The van der Waals surface area contributed by atoms with Gasteiger partial charge in [0.2, 0.25) is 0 Å². The third kappa shape index (κ3) is 10.7. The van der Waals surface area contributed by atoms with Gasteiger partial charge in [0.15, 0.2) is 0 Å². The summed E-state index contributed by atoms with van der Waals surface area (Å²) in [5.41, 5.74) is 3.38. The summed E-state index contributed by atoms with van der Waals surface area (Å²) >= 11 is 0. The lowest BCUT2D eigenvalue weighted by molar-refractivity contribution is 0.277. The Kier molecular flexibility index (Phi) is 19.2. The molecule has 0 unspecified atom stereocenters. The molecule has 0 aliphatic rings. The van der Waals surface area contributed by atoms with Crippen LogP contribution in [0.1, 0.15) is 64.2 Å². The number of ether oxygens (including phenoxy) is 1. The van der Waals surface area contributed by atoms with Gasteiger partial charge in [0, 0.05) is 20.1 Å². The summed E-state index contributed by atoms with van der Waals surface area (Å²) in [6, 6.07) is 24.7. The first kappa shape index (κ1) is 29.4. The summed E-state index contributed by atoms with van der Waals surface area (Å²) < 4.78 is 4.25. The van der Waals surface area contributed by atoms with Gasteiger partial charge in [0.1, 0.15) is 11.5 Å². The number of rotatable bonds is 3. The van der Waals surface area contributed by atoms with Crippen LogP contribution in [-0.4, -0.2) is 24.4 Å². The Bertz CT molecular complexity index is 675. The van der Waals surface area contributed by atoms with E-state index < -0.39 is 0 Å². The summed E-state index contributed by atoms with van der Waals surface area (Å²) in [6.07, 6.45) is 0. The average molecular weight is 413 g/mol. The normalized spacial score (nSPS) is 8.70. The van der Waals surface area contributed by atoms with Gasteiger partial charge in [0.05, 0.1) is 0 Å². The second-order valence-corrected chi connectivity index (χ2v) is 5.44. The van der Waals surface area contributed by atoms with E-state index in [-0.39, 0.29) is 17.4 Å². The minimum Gasteiger partial charge on any atom is -0.508 e. The van der Waals surface area contributed by atoms with Crippen LogP contribution in [0.25, 0.3) is 0 Å². The van der Waals surface area contributed by atoms with Crippen molar-refractivity contribution in [3.63, 3.8) is 0 Å². The Morgan fingerprint density at radius 2 is 0.767 bits per heavy atom. The smallest absolute Gasteiger partial charge is 0.115 e. The third-order valence-electron chi connectivity index (χ3n) is 3.59. The Balaban J connectivity index is 0. The highest BCUT2D eigenvalue weighted by atomic mass is 16.4. The van der Waals surface area contributed by atoms with Crippen molar-refractivity contribution in [3.8, 4) is 11.5 Å². The number of benzene rings is 3. The lowest BCUT2D eigenvalue weighted by atomic mass is 9.85. The van der Waals surface area contributed by atoms with Crippen LogP contribution in [0.15, 0.2) is 78.9 Å². The van der Waals surface area contributed by atoms with Crippen LogP contribution in [0.2, 0.25) is 0 Å². The van der Waals surface area contributed by atoms with Gasteiger partial charge in [0.25, 0.3) is 0 Å². The highest BCUT2D eigenvalue weighted by Crippen LogP contribution is 2.33. The molecule has 0 saturated carbocycles. The molecular formula is C27H40O3. The zero-order chi connectivity index (χ0) is 23.4. The Hall–Kier alpha value is -2.78. The van der Waals surface area contributed by atoms with Crippen molar-refractivity contribution in [2.24, 2.45) is 0 Å². The number of hydrogen-bond donors (Lipinski definition) is 2. The van der Waals surface area contributed by atoms with E-state index in [1.165, 1.54) is 5.56 Å². The van der Waals surface area contributed by atoms with Crippen LogP contribution >= 0.6 is 0 Å². The van der Waals surface area contributed by atoms with Crippen molar-refractivity contribution in [1.82, 2.24) is 0 Å². The van der Waals surface area contributed by atoms with Gasteiger partial charge in [-0.3, -0.25) is 0 Å². The molecule has 166 valence electrons. The fourth-order valence-corrected chi connectivity index (χ4v) is 2.56. The van der Waals surface area contributed by atoms with E-state index in [4.69, 9.17) is 0 Å². The number of phenolic OH excluding ortho intramolecular Hbond substituents is 2. The minimum absolute atomic E-state index is 0.0763. The molecule has 0 fully saturated rings. The van der Waals surface area contributed by atoms with Crippen LogP contribution in [0.4, 0.5) is 0 Å². The molecule has 3 aromatic carbocycles. The largest absolute Gasteiger partial charge is 0.508 e. The van der Waals surface area contributed by atoms with Gasteiger partial charge in [-0.2, -0.15) is 0 Å². The predicted octanol–water partition coefficient (Wildman–Crippen LogP) is 7.62. The molecule has 0 atom stereocenters. The molecule has 0 spiro atoms. The second kappa shape index (κ2) is 19.5. The van der Waals surface area contributed by atoms with E-state index in [0.717, 1.165) is 11.1 Å². The highest BCUT2D eigenvalue weighted by Gasteiger charge is 2.16. The van der Waals surface area contributed by atoms with E-state index in [1.807, 2.05) is 84.0 Å². The SMILES string of the molecule is CC.CC.CC.COC.Oc1ccc(C(c2ccccc2)c2ccc(O)cc2)cc1. The molecule has 3 nitrogen and oxygen atoms in total. The van der Waals surface area contributed by atoms with Gasteiger partial charge in [-0.15, -0.1) is 0 Å². The Morgan fingerprint density at radius 1 is 0.500 bits per heavy atom. The molecule has 30 heavy (non-hydrogen) atoms. The standard InChI is InChI=1S/C19H16O2.C2H6O.3C2H6/c20-17-10-6-15(7-11-17)19(14-4-2-1-3-5-14)16-8-12-18(21)13-9-16;1-3-2;3*1-2/h1-13,19-21H;1-2H3;3*1-2H3. The first-order valence-corrected chi connectivity index (χ1v) is 10.7. The lowest BCUT2D eigenvalue weighted by Gasteiger charge is -2.19. The fourth-order valence-electron chi connectivity index (χ4n) is 2.56. The molecule has 2 N–H and O–H groups in total. The number of methoxy groups -OCH3 is 1. The summed E-state index contributed by atoms with van der Waals surface area (Å²) in [7, 11) is 3.25. The second-order valence-electron chi connectivity index (χ2n) is 5.44. The van der Waals surface area contributed by atoms with Crippen LogP contribution in [0.5, 0.6) is 11.5 Å². The Labute approximate surface area is 184 Å². The Morgan fingerprint density at radius 3 is 1.07 bits per heavy atom. The van der Waals surface area contributed by atoms with Crippen LogP contribution in [0, 0.1) is 0 Å². The van der Waals surface area contributed by atoms with E-state index in [0.29, 0.717) is 0 Å². The van der Waals surface area contributed by atoms with Crippen LogP contribution < -0.4 is 0 Å². The number of hydrogen-bond acceptors (Lipinski definition) is 3. The molecule has 0 saturated heterocycles. The molecular weight excluding hydrogens is 372 g/mol. The van der Waals surface area contributed by atoms with E-state index in [1.54, 1.807) is 38.5 Å². The van der Waals surface area contributed by atoms with Crippen molar-refractivity contribution in [2.45, 2.75) is 47.5 Å². The zero-order valence-corrected chi connectivity index (χ0v) is 19.9. The lowest BCUT2D eigenvalue weighted by Crippen LogP contribution is -2.02. The van der Waals surface area contributed by atoms with Crippen LogP contribution in [0.3, 0.4) is 0 Å². The zero-order valence-electron chi connectivity index (χ0n) is 19.9. The van der Waals surface area contributed by atoms with Gasteiger partial charge in [-0.05, 0) is 41.0 Å². The average Bonchev–Trinajstić information content (AvgIpc) is 2.82. The molecule has 0 heterocycles. The molecule has 0 aliphatic carbocycles. The van der Waals surface area contributed by atoms with Crippen molar-refractivity contribution in [1.29, 1.82) is 0 Å². The first-order chi connectivity index (χ1) is 14.7. The maximum absolute atomic E-state index is 9.48. The molecule has 0 amide bonds. The summed E-state index contributed by atoms with van der Waals surface area (Å²) in [4.78, 5) is 0. The van der Waals surface area contributed by atoms with Gasteiger partial charge < -0.3 is 14.9 Å². The molecule has 3 rings (SSSR count). The van der Waals surface area contributed by atoms with Gasteiger partial charge in [-0.1, -0.05) is 96.1 Å². The number of phenols is 2. The highest BCUT2D eigenvalue weighted by molar-refractivity contribution is 5.45. The van der Waals surface area contributed by atoms with Gasteiger partial charge >= 0.3 is 0 Å². The molecule has 0 radical (unpaired) electrons. The molecule has 0 bridgehead atoms. The van der Waals surface area contributed by atoms with E-state index in [2.05, 4.69) is 16.9 Å². The minimum atomic E-state index is 0.0763. The van der Waals surface area contributed by atoms with Crippen LogP contribution in [-0.2, 0) is 4.74 Å². The number of aromatic hydroxyl groups is 2.